The summed E-state index contributed by atoms with van der Waals surface area (Å²) in [7, 11) is -0.504. The molecule has 0 amide bonds. The standard InChI is InChI=1S/C12H16N2O3S/c1-10(9-17-3)14(2)18(15,16)12-6-4-11(8-13)5-7-12/h4-7,10H,9H2,1-3H3. The van der Waals surface area contributed by atoms with Crippen molar-refractivity contribution in [3.8, 4) is 6.07 Å². The number of hydrogen-bond acceptors (Lipinski definition) is 4. The van der Waals surface area contributed by atoms with Crippen molar-refractivity contribution < 1.29 is 13.2 Å². The van der Waals surface area contributed by atoms with Crippen molar-refractivity contribution >= 4 is 10.0 Å². The molecular weight excluding hydrogens is 252 g/mol. The molecule has 0 N–H and O–H groups in total. The summed E-state index contributed by atoms with van der Waals surface area (Å²) in [4.78, 5) is 0.173. The van der Waals surface area contributed by atoms with Crippen molar-refractivity contribution in [2.24, 2.45) is 0 Å². The lowest BCUT2D eigenvalue weighted by Gasteiger charge is -2.23. The maximum Gasteiger partial charge on any atom is 0.243 e. The van der Waals surface area contributed by atoms with Gasteiger partial charge in [0.1, 0.15) is 0 Å². The molecule has 0 aromatic heterocycles. The molecule has 18 heavy (non-hydrogen) atoms. The van der Waals surface area contributed by atoms with Crippen LogP contribution in [-0.4, -0.2) is 39.5 Å². The second-order valence-electron chi connectivity index (χ2n) is 3.96. The quantitative estimate of drug-likeness (QED) is 0.805. The van der Waals surface area contributed by atoms with Gasteiger partial charge in [-0.1, -0.05) is 0 Å². The predicted octanol–water partition coefficient (Wildman–Crippen LogP) is 1.21. The molecule has 0 aliphatic rings. The van der Waals surface area contributed by atoms with Gasteiger partial charge in [0.15, 0.2) is 0 Å². The smallest absolute Gasteiger partial charge is 0.243 e. The molecule has 0 bridgehead atoms. The molecule has 1 atom stereocenters. The van der Waals surface area contributed by atoms with Gasteiger partial charge in [0.05, 0.1) is 23.1 Å². The molecule has 0 aliphatic heterocycles. The molecular formula is C12H16N2O3S. The van der Waals surface area contributed by atoms with Crippen molar-refractivity contribution in [1.29, 1.82) is 5.26 Å². The van der Waals surface area contributed by atoms with Gasteiger partial charge in [-0.2, -0.15) is 9.57 Å². The Hall–Kier alpha value is -1.42. The molecule has 98 valence electrons. The second kappa shape index (κ2) is 5.96. The lowest BCUT2D eigenvalue weighted by atomic mass is 10.2. The Morgan fingerprint density at radius 2 is 1.94 bits per heavy atom. The molecule has 0 heterocycles. The van der Waals surface area contributed by atoms with E-state index < -0.39 is 10.0 Å². The fourth-order valence-corrected chi connectivity index (χ4v) is 2.80. The summed E-state index contributed by atoms with van der Waals surface area (Å²) >= 11 is 0. The second-order valence-corrected chi connectivity index (χ2v) is 5.96. The minimum atomic E-state index is -3.54. The molecule has 0 radical (unpaired) electrons. The van der Waals surface area contributed by atoms with Crippen LogP contribution in [0.25, 0.3) is 0 Å². The maximum atomic E-state index is 12.2. The van der Waals surface area contributed by atoms with Gasteiger partial charge in [0.2, 0.25) is 10.0 Å². The lowest BCUT2D eigenvalue weighted by Crippen LogP contribution is -2.37. The number of nitrogens with zero attached hydrogens (tertiary/aromatic N) is 2. The summed E-state index contributed by atoms with van der Waals surface area (Å²) in [6.07, 6.45) is 0. The topological polar surface area (TPSA) is 70.4 Å². The van der Waals surface area contributed by atoms with Crippen LogP contribution in [0.15, 0.2) is 29.2 Å². The van der Waals surface area contributed by atoms with E-state index in [-0.39, 0.29) is 10.9 Å². The molecule has 6 heteroatoms. The van der Waals surface area contributed by atoms with E-state index in [2.05, 4.69) is 0 Å². The fourth-order valence-electron chi connectivity index (χ4n) is 1.45. The van der Waals surface area contributed by atoms with Crippen molar-refractivity contribution in [3.05, 3.63) is 29.8 Å². The Bertz CT molecular complexity index is 531. The number of nitriles is 1. The highest BCUT2D eigenvalue weighted by Gasteiger charge is 2.25. The van der Waals surface area contributed by atoms with Crippen LogP contribution in [0.1, 0.15) is 12.5 Å². The molecule has 0 aliphatic carbocycles. The SMILES string of the molecule is COCC(C)N(C)S(=O)(=O)c1ccc(C#N)cc1. The molecule has 0 fully saturated rings. The summed E-state index contributed by atoms with van der Waals surface area (Å²) in [6, 6.07) is 7.54. The summed E-state index contributed by atoms with van der Waals surface area (Å²) in [5.74, 6) is 0. The van der Waals surface area contributed by atoms with Gasteiger partial charge in [0, 0.05) is 20.2 Å². The first kappa shape index (κ1) is 14.6. The summed E-state index contributed by atoms with van der Waals surface area (Å²) in [5, 5.41) is 8.67. The van der Waals surface area contributed by atoms with Gasteiger partial charge in [-0.3, -0.25) is 0 Å². The van der Waals surface area contributed by atoms with E-state index in [1.165, 1.54) is 42.7 Å². The molecule has 5 nitrogen and oxygen atoms in total. The fraction of sp³-hybridized carbons (Fsp3) is 0.417. The average Bonchev–Trinajstić information content (AvgIpc) is 2.38. The number of ether oxygens (including phenoxy) is 1. The van der Waals surface area contributed by atoms with Gasteiger partial charge in [-0.25, -0.2) is 8.42 Å². The van der Waals surface area contributed by atoms with E-state index >= 15 is 0 Å². The van der Waals surface area contributed by atoms with E-state index in [4.69, 9.17) is 10.00 Å². The Morgan fingerprint density at radius 1 is 1.39 bits per heavy atom. The largest absolute Gasteiger partial charge is 0.383 e. The average molecular weight is 268 g/mol. The summed E-state index contributed by atoms with van der Waals surface area (Å²) < 4.78 is 30.7. The zero-order valence-electron chi connectivity index (χ0n) is 10.6. The van der Waals surface area contributed by atoms with Crippen LogP contribution in [0.4, 0.5) is 0 Å². The number of hydrogen-bond donors (Lipinski definition) is 0. The number of sulfonamides is 1. The van der Waals surface area contributed by atoms with Gasteiger partial charge in [0.25, 0.3) is 0 Å². The number of benzene rings is 1. The molecule has 0 spiro atoms. The van der Waals surface area contributed by atoms with Crippen LogP contribution < -0.4 is 0 Å². The van der Waals surface area contributed by atoms with Crippen molar-refractivity contribution in [1.82, 2.24) is 4.31 Å². The predicted molar refractivity (Wildman–Crippen MR) is 67.4 cm³/mol. The molecule has 0 saturated heterocycles. The highest BCUT2D eigenvalue weighted by molar-refractivity contribution is 7.89. The van der Waals surface area contributed by atoms with E-state index in [0.717, 1.165) is 0 Å². The highest BCUT2D eigenvalue weighted by Crippen LogP contribution is 2.17. The third-order valence-corrected chi connectivity index (χ3v) is 4.68. The van der Waals surface area contributed by atoms with Crippen LogP contribution in [-0.2, 0) is 14.8 Å². The van der Waals surface area contributed by atoms with Crippen LogP contribution in [0.2, 0.25) is 0 Å². The van der Waals surface area contributed by atoms with E-state index in [9.17, 15) is 8.42 Å². The van der Waals surface area contributed by atoms with Gasteiger partial charge in [-0.05, 0) is 31.2 Å². The molecule has 0 saturated carbocycles. The van der Waals surface area contributed by atoms with Crippen molar-refractivity contribution in [2.45, 2.75) is 17.9 Å². The first-order valence-electron chi connectivity index (χ1n) is 5.40. The third kappa shape index (κ3) is 3.07. The van der Waals surface area contributed by atoms with Crippen LogP contribution in [0, 0.1) is 11.3 Å². The molecule has 1 aromatic carbocycles. The van der Waals surface area contributed by atoms with Gasteiger partial charge < -0.3 is 4.74 Å². The monoisotopic (exact) mass is 268 g/mol. The normalized spacial score (nSPS) is 13.3. The van der Waals surface area contributed by atoms with Crippen LogP contribution in [0.5, 0.6) is 0 Å². The Balaban J connectivity index is 3.02. The Labute approximate surface area is 108 Å². The minimum Gasteiger partial charge on any atom is -0.383 e. The zero-order valence-corrected chi connectivity index (χ0v) is 11.4. The zero-order chi connectivity index (χ0) is 13.8. The van der Waals surface area contributed by atoms with E-state index in [1.807, 2.05) is 6.07 Å². The molecule has 1 aromatic rings. The first-order valence-corrected chi connectivity index (χ1v) is 6.84. The maximum absolute atomic E-state index is 12.2. The van der Waals surface area contributed by atoms with Gasteiger partial charge in [-0.15, -0.1) is 0 Å². The Morgan fingerprint density at radius 3 is 2.39 bits per heavy atom. The first-order chi connectivity index (χ1) is 8.43. The highest BCUT2D eigenvalue weighted by atomic mass is 32.2. The number of methoxy groups -OCH3 is 1. The van der Waals surface area contributed by atoms with Crippen LogP contribution in [0.3, 0.4) is 0 Å². The Kier molecular flexibility index (Phi) is 4.84. The molecule has 1 rings (SSSR count). The number of likely N-dealkylation sites (N-methyl/N-ethyl adjacent to an activating group) is 1. The summed E-state index contributed by atoms with van der Waals surface area (Å²) in [6.45, 7) is 2.09. The van der Waals surface area contributed by atoms with E-state index in [0.29, 0.717) is 12.2 Å². The number of rotatable bonds is 5. The summed E-state index contributed by atoms with van der Waals surface area (Å²) in [5.41, 5.74) is 0.432. The van der Waals surface area contributed by atoms with E-state index in [1.54, 1.807) is 6.92 Å². The van der Waals surface area contributed by atoms with Crippen molar-refractivity contribution in [3.63, 3.8) is 0 Å². The van der Waals surface area contributed by atoms with Crippen molar-refractivity contribution in [2.75, 3.05) is 20.8 Å². The third-order valence-electron chi connectivity index (χ3n) is 2.69. The van der Waals surface area contributed by atoms with Crippen LogP contribution >= 0.6 is 0 Å². The minimum absolute atomic E-state index is 0.173. The lowest BCUT2D eigenvalue weighted by molar-refractivity contribution is 0.149. The molecule has 1 unspecified atom stereocenters. The van der Waals surface area contributed by atoms with Gasteiger partial charge >= 0.3 is 0 Å².